The van der Waals surface area contributed by atoms with Crippen molar-refractivity contribution in [2.24, 2.45) is 0 Å². The van der Waals surface area contributed by atoms with Gasteiger partial charge in [0.25, 0.3) is 5.91 Å². The Bertz CT molecular complexity index is 871. The number of rotatable bonds is 5. The quantitative estimate of drug-likeness (QED) is 0.752. The van der Waals surface area contributed by atoms with Gasteiger partial charge in [0.05, 0.1) is 5.56 Å². The van der Waals surface area contributed by atoms with Gasteiger partial charge >= 0.3 is 0 Å². The van der Waals surface area contributed by atoms with E-state index < -0.39 is 0 Å². The summed E-state index contributed by atoms with van der Waals surface area (Å²) in [4.78, 5) is 27.5. The summed E-state index contributed by atoms with van der Waals surface area (Å²) >= 11 is 0. The van der Waals surface area contributed by atoms with Crippen molar-refractivity contribution in [2.45, 2.75) is 19.4 Å². The molecule has 0 saturated carbocycles. The van der Waals surface area contributed by atoms with Crippen LogP contribution in [0.25, 0.3) is 5.82 Å². The van der Waals surface area contributed by atoms with E-state index in [1.54, 1.807) is 29.5 Å². The minimum absolute atomic E-state index is 0.125. The number of anilines is 1. The van der Waals surface area contributed by atoms with Gasteiger partial charge in [-0.2, -0.15) is 5.10 Å². The first-order valence-electron chi connectivity index (χ1n) is 8.59. The Morgan fingerprint density at radius 2 is 2.04 bits per heavy atom. The molecule has 3 aromatic heterocycles. The van der Waals surface area contributed by atoms with Crippen LogP contribution in [-0.2, 0) is 6.54 Å². The van der Waals surface area contributed by atoms with Crippen LogP contribution in [0.5, 0.6) is 0 Å². The molecule has 0 aromatic carbocycles. The van der Waals surface area contributed by atoms with Crippen LogP contribution in [-0.4, -0.2) is 43.7 Å². The smallest absolute Gasteiger partial charge is 0.255 e. The lowest BCUT2D eigenvalue weighted by Gasteiger charge is -2.19. The summed E-state index contributed by atoms with van der Waals surface area (Å²) < 4.78 is 1.58. The number of nitrogens with one attached hydrogen (secondary N) is 1. The number of carbonyl (C=O) groups excluding carboxylic acids is 1. The zero-order valence-electron chi connectivity index (χ0n) is 14.2. The number of aromatic nitrogens is 5. The van der Waals surface area contributed by atoms with Gasteiger partial charge in [-0.15, -0.1) is 0 Å². The Labute approximate surface area is 150 Å². The molecule has 1 aliphatic rings. The molecule has 26 heavy (non-hydrogen) atoms. The summed E-state index contributed by atoms with van der Waals surface area (Å²) in [7, 11) is 0. The Balaban J connectivity index is 1.43. The van der Waals surface area contributed by atoms with Crippen molar-refractivity contribution in [3.8, 4) is 5.82 Å². The Morgan fingerprint density at radius 1 is 1.15 bits per heavy atom. The molecule has 1 N–H and O–H groups in total. The van der Waals surface area contributed by atoms with Crippen LogP contribution < -0.4 is 10.2 Å². The molecule has 1 fully saturated rings. The first-order valence-corrected chi connectivity index (χ1v) is 8.59. The van der Waals surface area contributed by atoms with E-state index in [1.807, 2.05) is 18.2 Å². The van der Waals surface area contributed by atoms with E-state index in [1.165, 1.54) is 6.33 Å². The molecule has 0 spiro atoms. The minimum atomic E-state index is -0.125. The molecule has 8 heteroatoms. The van der Waals surface area contributed by atoms with Gasteiger partial charge in [0.1, 0.15) is 18.5 Å². The molecule has 0 atom stereocenters. The lowest BCUT2D eigenvalue weighted by atomic mass is 10.2. The fourth-order valence-electron chi connectivity index (χ4n) is 3.02. The standard InChI is InChI=1S/C18H19N7O/c26-18(15-4-3-7-20-17(15)24-8-1-2-9-24)22-11-14-5-6-16(21-10-14)25-13-19-12-23-25/h3-7,10,12-13H,1-2,8-9,11H2,(H,22,26). The second-order valence-electron chi connectivity index (χ2n) is 6.12. The number of hydrogen-bond donors (Lipinski definition) is 1. The molecule has 4 heterocycles. The molecule has 0 bridgehead atoms. The highest BCUT2D eigenvalue weighted by molar-refractivity contribution is 5.98. The second kappa shape index (κ2) is 7.30. The van der Waals surface area contributed by atoms with Crippen LogP contribution in [0.2, 0.25) is 0 Å². The van der Waals surface area contributed by atoms with Crippen molar-refractivity contribution in [1.29, 1.82) is 0 Å². The largest absolute Gasteiger partial charge is 0.356 e. The third-order valence-electron chi connectivity index (χ3n) is 4.35. The van der Waals surface area contributed by atoms with E-state index >= 15 is 0 Å². The topological polar surface area (TPSA) is 88.8 Å². The van der Waals surface area contributed by atoms with Gasteiger partial charge in [0.15, 0.2) is 5.82 Å². The lowest BCUT2D eigenvalue weighted by Crippen LogP contribution is -2.28. The Hall–Kier alpha value is -3.29. The molecule has 1 saturated heterocycles. The molecule has 1 aliphatic heterocycles. The summed E-state index contributed by atoms with van der Waals surface area (Å²) in [6.45, 7) is 2.30. The average molecular weight is 349 g/mol. The highest BCUT2D eigenvalue weighted by Crippen LogP contribution is 2.21. The predicted octanol–water partition coefficient (Wildman–Crippen LogP) is 1.59. The van der Waals surface area contributed by atoms with Crippen LogP contribution in [0.15, 0.2) is 49.3 Å². The summed E-state index contributed by atoms with van der Waals surface area (Å²) in [5, 5.41) is 6.99. The van der Waals surface area contributed by atoms with Crippen molar-refractivity contribution in [3.05, 3.63) is 60.4 Å². The first kappa shape index (κ1) is 16.2. The van der Waals surface area contributed by atoms with Gasteiger partial charge in [-0.05, 0) is 36.6 Å². The molecular weight excluding hydrogens is 330 g/mol. The SMILES string of the molecule is O=C(NCc1ccc(-n2cncn2)nc1)c1cccnc1N1CCCC1. The van der Waals surface area contributed by atoms with Gasteiger partial charge in [-0.1, -0.05) is 6.07 Å². The second-order valence-corrected chi connectivity index (χ2v) is 6.12. The van der Waals surface area contributed by atoms with Gasteiger partial charge < -0.3 is 10.2 Å². The number of hydrogen-bond acceptors (Lipinski definition) is 6. The molecule has 8 nitrogen and oxygen atoms in total. The monoisotopic (exact) mass is 349 g/mol. The molecule has 0 radical (unpaired) electrons. The summed E-state index contributed by atoms with van der Waals surface area (Å²) in [5.41, 5.74) is 1.52. The van der Waals surface area contributed by atoms with Crippen molar-refractivity contribution in [3.63, 3.8) is 0 Å². The number of pyridine rings is 2. The Morgan fingerprint density at radius 3 is 2.77 bits per heavy atom. The number of carbonyl (C=O) groups is 1. The summed E-state index contributed by atoms with van der Waals surface area (Å²) in [5.74, 6) is 1.32. The molecule has 4 rings (SSSR count). The molecule has 3 aromatic rings. The normalized spacial score (nSPS) is 13.8. The zero-order valence-corrected chi connectivity index (χ0v) is 14.2. The zero-order chi connectivity index (χ0) is 17.8. The number of nitrogens with zero attached hydrogens (tertiary/aromatic N) is 6. The van der Waals surface area contributed by atoms with Crippen molar-refractivity contribution < 1.29 is 4.79 Å². The maximum atomic E-state index is 12.6. The van der Waals surface area contributed by atoms with Crippen molar-refractivity contribution in [2.75, 3.05) is 18.0 Å². The van der Waals surface area contributed by atoms with Gasteiger partial charge in [-0.3, -0.25) is 4.79 Å². The first-order chi connectivity index (χ1) is 12.8. The maximum Gasteiger partial charge on any atom is 0.255 e. The van der Waals surface area contributed by atoms with E-state index in [0.29, 0.717) is 17.9 Å². The van der Waals surface area contributed by atoms with E-state index in [-0.39, 0.29) is 5.91 Å². The molecule has 132 valence electrons. The fourth-order valence-corrected chi connectivity index (χ4v) is 3.02. The van der Waals surface area contributed by atoms with Crippen molar-refractivity contribution in [1.82, 2.24) is 30.0 Å². The molecular formula is C18H19N7O. The maximum absolute atomic E-state index is 12.6. The number of amides is 1. The van der Waals surface area contributed by atoms with Gasteiger partial charge in [0.2, 0.25) is 0 Å². The van der Waals surface area contributed by atoms with Crippen molar-refractivity contribution >= 4 is 11.7 Å². The van der Waals surface area contributed by atoms with Crippen LogP contribution in [0, 0.1) is 0 Å². The molecule has 0 aliphatic carbocycles. The van der Waals surface area contributed by atoms with Crippen LogP contribution in [0.4, 0.5) is 5.82 Å². The average Bonchev–Trinajstić information content (AvgIpc) is 3.40. The van der Waals surface area contributed by atoms with E-state index in [4.69, 9.17) is 0 Å². The van der Waals surface area contributed by atoms with Crippen LogP contribution in [0.1, 0.15) is 28.8 Å². The summed E-state index contributed by atoms with van der Waals surface area (Å²) in [6, 6.07) is 7.37. The van der Waals surface area contributed by atoms with Crippen LogP contribution >= 0.6 is 0 Å². The van der Waals surface area contributed by atoms with E-state index in [9.17, 15) is 4.79 Å². The lowest BCUT2D eigenvalue weighted by molar-refractivity contribution is 0.0951. The van der Waals surface area contributed by atoms with Gasteiger partial charge in [0, 0.05) is 32.0 Å². The highest BCUT2D eigenvalue weighted by Gasteiger charge is 2.20. The van der Waals surface area contributed by atoms with Gasteiger partial charge in [-0.25, -0.2) is 19.6 Å². The third-order valence-corrected chi connectivity index (χ3v) is 4.35. The fraction of sp³-hybridized carbons (Fsp3) is 0.278. The molecule has 0 unspecified atom stereocenters. The Kier molecular flexibility index (Phi) is 4.55. The van der Waals surface area contributed by atoms with Crippen LogP contribution in [0.3, 0.4) is 0 Å². The minimum Gasteiger partial charge on any atom is -0.356 e. The molecule has 1 amide bonds. The summed E-state index contributed by atoms with van der Waals surface area (Å²) in [6.07, 6.45) is 8.79. The highest BCUT2D eigenvalue weighted by atomic mass is 16.1. The third kappa shape index (κ3) is 3.39. The van der Waals surface area contributed by atoms with E-state index in [0.717, 1.165) is 37.3 Å². The predicted molar refractivity (Wildman–Crippen MR) is 96.0 cm³/mol. The van der Waals surface area contributed by atoms with E-state index in [2.05, 4.69) is 30.3 Å².